The molecule has 4 rings (SSSR count). The van der Waals surface area contributed by atoms with E-state index in [4.69, 9.17) is 4.74 Å². The summed E-state index contributed by atoms with van der Waals surface area (Å²) < 4.78 is 21.6. The number of nitrogens with zero attached hydrogens (tertiary/aromatic N) is 3. The van der Waals surface area contributed by atoms with Crippen LogP contribution in [0.5, 0.6) is 0 Å². The fraction of sp³-hybridized carbons (Fsp3) is 0.318. The monoisotopic (exact) mass is 410 g/mol. The number of benzene rings is 1. The van der Waals surface area contributed by atoms with Gasteiger partial charge in [0, 0.05) is 35.8 Å². The van der Waals surface area contributed by atoms with Gasteiger partial charge in [-0.25, -0.2) is 9.07 Å². The van der Waals surface area contributed by atoms with Gasteiger partial charge in [-0.05, 0) is 32.9 Å². The fourth-order valence-electron chi connectivity index (χ4n) is 3.98. The van der Waals surface area contributed by atoms with Gasteiger partial charge in [-0.15, -0.1) is 0 Å². The highest BCUT2D eigenvalue weighted by Gasteiger charge is 2.34. The molecular formula is C22H23FN4O3. The first kappa shape index (κ1) is 20.0. The van der Waals surface area contributed by atoms with Crippen LogP contribution in [0.1, 0.15) is 39.0 Å². The largest absolute Gasteiger partial charge is 0.377 e. The van der Waals surface area contributed by atoms with Crippen LogP contribution in [0.4, 0.5) is 4.39 Å². The Morgan fingerprint density at radius 2 is 2.03 bits per heavy atom. The summed E-state index contributed by atoms with van der Waals surface area (Å²) in [4.78, 5) is 30.2. The molecule has 1 fully saturated rings. The van der Waals surface area contributed by atoms with Gasteiger partial charge in [0.2, 0.25) is 0 Å². The molecule has 1 N–H and O–H groups in total. The van der Waals surface area contributed by atoms with Gasteiger partial charge in [-0.2, -0.15) is 5.10 Å². The Morgan fingerprint density at radius 1 is 1.27 bits per heavy atom. The van der Waals surface area contributed by atoms with Gasteiger partial charge in [0.25, 0.3) is 5.91 Å². The zero-order valence-electron chi connectivity index (χ0n) is 17.1. The first-order chi connectivity index (χ1) is 14.4. The molecule has 1 saturated heterocycles. The van der Waals surface area contributed by atoms with Gasteiger partial charge in [0.15, 0.2) is 5.43 Å². The molecule has 1 aliphatic rings. The van der Waals surface area contributed by atoms with E-state index in [2.05, 4.69) is 10.1 Å². The molecule has 0 bridgehead atoms. The molecular weight excluding hydrogens is 387 g/mol. The topological polar surface area (TPSA) is 80.2 Å². The third-order valence-electron chi connectivity index (χ3n) is 5.44. The van der Waals surface area contributed by atoms with E-state index >= 15 is 0 Å². The summed E-state index contributed by atoms with van der Waals surface area (Å²) in [6.45, 7) is 6.44. The average molecular weight is 410 g/mol. The first-order valence-corrected chi connectivity index (χ1v) is 9.77. The molecule has 1 aliphatic heterocycles. The highest BCUT2D eigenvalue weighted by Crippen LogP contribution is 2.32. The summed E-state index contributed by atoms with van der Waals surface area (Å²) in [5.74, 6) is -0.740. The highest BCUT2D eigenvalue weighted by molar-refractivity contribution is 5.94. The molecule has 1 amide bonds. The molecule has 3 heterocycles. The van der Waals surface area contributed by atoms with Gasteiger partial charge in [0.1, 0.15) is 17.1 Å². The van der Waals surface area contributed by atoms with E-state index in [1.165, 1.54) is 18.3 Å². The molecule has 0 saturated carbocycles. The predicted octanol–water partition coefficient (Wildman–Crippen LogP) is 2.84. The van der Waals surface area contributed by atoms with Crippen LogP contribution < -0.4 is 5.43 Å². The molecule has 3 aromatic rings. The van der Waals surface area contributed by atoms with Crippen molar-refractivity contribution in [2.45, 2.75) is 26.8 Å². The number of ether oxygens (including phenoxy) is 1. The average Bonchev–Trinajstić information content (AvgIpc) is 3.01. The van der Waals surface area contributed by atoms with Crippen molar-refractivity contribution in [1.82, 2.24) is 19.7 Å². The molecule has 0 aliphatic carbocycles. The number of nitrogens with one attached hydrogen (secondary N) is 1. The summed E-state index contributed by atoms with van der Waals surface area (Å²) in [5.41, 5.74) is 3.00. The Hall–Kier alpha value is -3.26. The number of halogens is 1. The van der Waals surface area contributed by atoms with E-state index in [1.54, 1.807) is 34.7 Å². The number of carbonyl (C=O) groups excluding carboxylic acids is 1. The lowest BCUT2D eigenvalue weighted by atomic mass is 10.0. The lowest BCUT2D eigenvalue weighted by Crippen LogP contribution is -2.45. The third-order valence-corrected chi connectivity index (χ3v) is 5.44. The zero-order chi connectivity index (χ0) is 21.4. The lowest BCUT2D eigenvalue weighted by molar-refractivity contribution is -0.00312. The van der Waals surface area contributed by atoms with Crippen LogP contribution in [-0.4, -0.2) is 45.3 Å². The van der Waals surface area contributed by atoms with Crippen molar-refractivity contribution in [2.75, 3.05) is 19.8 Å². The third kappa shape index (κ3) is 3.43. The smallest absolute Gasteiger partial charge is 0.259 e. The summed E-state index contributed by atoms with van der Waals surface area (Å²) in [7, 11) is 0. The number of hydrogen-bond donors (Lipinski definition) is 1. The van der Waals surface area contributed by atoms with Crippen LogP contribution in [0.2, 0.25) is 0 Å². The number of amides is 1. The van der Waals surface area contributed by atoms with E-state index in [-0.39, 0.29) is 29.3 Å². The van der Waals surface area contributed by atoms with Crippen molar-refractivity contribution in [3.8, 4) is 5.69 Å². The Balaban J connectivity index is 1.76. The second-order valence-corrected chi connectivity index (χ2v) is 7.43. The Kier molecular flexibility index (Phi) is 5.26. The maximum Gasteiger partial charge on any atom is 0.259 e. The molecule has 0 radical (unpaired) electrons. The van der Waals surface area contributed by atoms with Crippen LogP contribution >= 0.6 is 0 Å². The van der Waals surface area contributed by atoms with E-state index in [0.29, 0.717) is 30.2 Å². The summed E-state index contributed by atoms with van der Waals surface area (Å²) in [5, 5.41) is 4.53. The molecule has 7 nitrogen and oxygen atoms in total. The maximum absolute atomic E-state index is 14.4. The number of rotatable bonds is 3. The number of aromatic nitrogens is 3. The van der Waals surface area contributed by atoms with Crippen molar-refractivity contribution in [3.63, 3.8) is 0 Å². The quantitative estimate of drug-likeness (QED) is 0.720. The first-order valence-electron chi connectivity index (χ1n) is 9.77. The molecule has 1 aromatic carbocycles. The molecule has 30 heavy (non-hydrogen) atoms. The summed E-state index contributed by atoms with van der Waals surface area (Å²) >= 11 is 0. The number of aromatic amines is 1. The van der Waals surface area contributed by atoms with Gasteiger partial charge in [0.05, 0.1) is 24.9 Å². The summed E-state index contributed by atoms with van der Waals surface area (Å²) in [6.07, 6.45) is 1.45. The lowest BCUT2D eigenvalue weighted by Gasteiger charge is -2.36. The van der Waals surface area contributed by atoms with Crippen molar-refractivity contribution in [1.29, 1.82) is 0 Å². The SMILES string of the molecule is Cc1cc(=O)c(C(=O)N2CCOCC2c2c(C)nn(-c3ccccc3F)c2C)c[nH]1. The van der Waals surface area contributed by atoms with E-state index in [0.717, 1.165) is 11.3 Å². The second-order valence-electron chi connectivity index (χ2n) is 7.43. The Bertz CT molecular complexity index is 1170. The van der Waals surface area contributed by atoms with Crippen LogP contribution in [0.3, 0.4) is 0 Å². The second kappa shape index (κ2) is 7.87. The number of pyridine rings is 1. The molecule has 1 atom stereocenters. The van der Waals surface area contributed by atoms with Crippen LogP contribution in [0.15, 0.2) is 41.3 Å². The van der Waals surface area contributed by atoms with Crippen molar-refractivity contribution < 1.29 is 13.9 Å². The highest BCUT2D eigenvalue weighted by atomic mass is 19.1. The predicted molar refractivity (Wildman–Crippen MR) is 109 cm³/mol. The van der Waals surface area contributed by atoms with E-state index in [1.807, 2.05) is 13.8 Å². The number of morpholine rings is 1. The van der Waals surface area contributed by atoms with Crippen molar-refractivity contribution >= 4 is 5.91 Å². The number of carbonyl (C=O) groups is 1. The van der Waals surface area contributed by atoms with Gasteiger partial charge < -0.3 is 14.6 Å². The summed E-state index contributed by atoms with van der Waals surface area (Å²) in [6, 6.07) is 7.40. The van der Waals surface area contributed by atoms with Gasteiger partial charge in [-0.3, -0.25) is 9.59 Å². The zero-order valence-corrected chi connectivity index (χ0v) is 17.1. The fourth-order valence-corrected chi connectivity index (χ4v) is 3.98. The Morgan fingerprint density at radius 3 is 2.77 bits per heavy atom. The minimum Gasteiger partial charge on any atom is -0.377 e. The molecule has 1 unspecified atom stereocenters. The van der Waals surface area contributed by atoms with E-state index < -0.39 is 6.04 Å². The molecule has 8 heteroatoms. The minimum atomic E-state index is -0.424. The number of hydrogen-bond acceptors (Lipinski definition) is 4. The normalized spacial score (nSPS) is 16.7. The van der Waals surface area contributed by atoms with Crippen LogP contribution in [0.25, 0.3) is 5.69 Å². The van der Waals surface area contributed by atoms with Crippen molar-refractivity contribution in [2.24, 2.45) is 0 Å². The number of H-pyrrole nitrogens is 1. The van der Waals surface area contributed by atoms with Gasteiger partial charge >= 0.3 is 0 Å². The number of aryl methyl sites for hydroxylation is 2. The van der Waals surface area contributed by atoms with Gasteiger partial charge in [-0.1, -0.05) is 12.1 Å². The molecule has 156 valence electrons. The molecule has 0 spiro atoms. The Labute approximate surface area is 173 Å². The van der Waals surface area contributed by atoms with E-state index in [9.17, 15) is 14.0 Å². The standard InChI is InChI=1S/C22H23FN4O3/c1-13-10-20(28)16(11-24-13)22(29)26-8-9-30-12-19(26)21-14(2)25-27(15(21)3)18-7-5-4-6-17(18)23/h4-7,10-11,19H,8-9,12H2,1-3H3,(H,24,28). The minimum absolute atomic E-state index is 0.0873. The number of para-hydroxylation sites is 1. The molecule has 2 aromatic heterocycles. The van der Waals surface area contributed by atoms with Crippen LogP contribution in [-0.2, 0) is 4.74 Å². The maximum atomic E-state index is 14.4. The van der Waals surface area contributed by atoms with Crippen molar-refractivity contribution in [3.05, 3.63) is 80.8 Å². The van der Waals surface area contributed by atoms with Crippen LogP contribution in [0, 0.1) is 26.6 Å².